The Hall–Kier alpha value is -0.670. The van der Waals surface area contributed by atoms with E-state index in [4.69, 9.17) is 0 Å². The maximum Gasteiger partial charge on any atom is 0.129 e. The van der Waals surface area contributed by atoms with Gasteiger partial charge in [0.05, 0.1) is 4.90 Å². The molecule has 1 unspecified atom stereocenters. The third kappa shape index (κ3) is 3.01. The van der Waals surface area contributed by atoms with Crippen LogP contribution < -0.4 is 0 Å². The topological polar surface area (TPSA) is 23.5 Å². The van der Waals surface area contributed by atoms with E-state index in [1.807, 2.05) is 17.8 Å². The SMILES string of the molecule is CCCN(CCC)C1CSc2c(O)cccc2C1. The van der Waals surface area contributed by atoms with Crippen LogP contribution >= 0.6 is 11.8 Å². The van der Waals surface area contributed by atoms with Gasteiger partial charge in [0.2, 0.25) is 0 Å². The van der Waals surface area contributed by atoms with Gasteiger partial charge in [0.1, 0.15) is 5.75 Å². The standard InChI is InChI=1S/C15H23NOS/c1-3-8-16(9-4-2)13-10-12-6-5-7-14(17)15(12)18-11-13/h5-7,13,17H,3-4,8-11H2,1-2H3. The van der Waals surface area contributed by atoms with E-state index in [1.165, 1.54) is 31.5 Å². The minimum Gasteiger partial charge on any atom is -0.507 e. The maximum absolute atomic E-state index is 9.85. The molecular weight excluding hydrogens is 242 g/mol. The van der Waals surface area contributed by atoms with Crippen molar-refractivity contribution in [1.29, 1.82) is 0 Å². The molecule has 1 heterocycles. The van der Waals surface area contributed by atoms with Gasteiger partial charge in [0.15, 0.2) is 0 Å². The van der Waals surface area contributed by atoms with Crippen molar-refractivity contribution >= 4 is 11.8 Å². The van der Waals surface area contributed by atoms with Crippen LogP contribution in [0.5, 0.6) is 5.75 Å². The Bertz CT molecular complexity index is 388. The van der Waals surface area contributed by atoms with E-state index >= 15 is 0 Å². The van der Waals surface area contributed by atoms with Crippen molar-refractivity contribution in [3.05, 3.63) is 23.8 Å². The second-order valence-corrected chi connectivity index (χ2v) is 6.00. The van der Waals surface area contributed by atoms with E-state index in [0.717, 1.165) is 17.1 Å². The van der Waals surface area contributed by atoms with Gasteiger partial charge in [-0.2, -0.15) is 0 Å². The van der Waals surface area contributed by atoms with Gasteiger partial charge in [-0.25, -0.2) is 0 Å². The van der Waals surface area contributed by atoms with Crippen molar-refractivity contribution in [2.45, 2.75) is 44.0 Å². The lowest BCUT2D eigenvalue weighted by atomic mass is 10.0. The lowest BCUT2D eigenvalue weighted by molar-refractivity contribution is 0.209. The highest BCUT2D eigenvalue weighted by Gasteiger charge is 2.25. The number of aromatic hydroxyl groups is 1. The van der Waals surface area contributed by atoms with Crippen molar-refractivity contribution in [2.24, 2.45) is 0 Å². The predicted molar refractivity (Wildman–Crippen MR) is 78.5 cm³/mol. The van der Waals surface area contributed by atoms with Crippen LogP contribution in [-0.4, -0.2) is 34.9 Å². The summed E-state index contributed by atoms with van der Waals surface area (Å²) in [7, 11) is 0. The monoisotopic (exact) mass is 265 g/mol. The molecule has 3 heteroatoms. The first-order chi connectivity index (χ1) is 8.76. The first-order valence-electron chi connectivity index (χ1n) is 6.94. The molecule has 0 aliphatic carbocycles. The van der Waals surface area contributed by atoms with Crippen LogP contribution in [0.25, 0.3) is 0 Å². The highest BCUT2D eigenvalue weighted by Crippen LogP contribution is 2.38. The minimum absolute atomic E-state index is 0.452. The predicted octanol–water partition coefficient (Wildman–Crippen LogP) is 3.53. The van der Waals surface area contributed by atoms with E-state index < -0.39 is 0 Å². The molecule has 1 aliphatic heterocycles. The lowest BCUT2D eigenvalue weighted by Gasteiger charge is -2.34. The molecule has 1 atom stereocenters. The van der Waals surface area contributed by atoms with Crippen molar-refractivity contribution in [3.63, 3.8) is 0 Å². The van der Waals surface area contributed by atoms with Crippen LogP contribution in [0.1, 0.15) is 32.3 Å². The molecule has 2 nitrogen and oxygen atoms in total. The number of hydrogen-bond donors (Lipinski definition) is 1. The average molecular weight is 265 g/mol. The Balaban J connectivity index is 2.10. The Morgan fingerprint density at radius 2 is 2.00 bits per heavy atom. The molecule has 0 saturated carbocycles. The van der Waals surface area contributed by atoms with Crippen molar-refractivity contribution in [1.82, 2.24) is 4.90 Å². The Morgan fingerprint density at radius 3 is 2.67 bits per heavy atom. The summed E-state index contributed by atoms with van der Waals surface area (Å²) in [5.41, 5.74) is 1.31. The first kappa shape index (κ1) is 13.8. The van der Waals surface area contributed by atoms with Crippen LogP contribution in [0.4, 0.5) is 0 Å². The second-order valence-electron chi connectivity index (χ2n) is 4.97. The highest BCUT2D eigenvalue weighted by atomic mass is 32.2. The number of benzene rings is 1. The fourth-order valence-corrected chi connectivity index (χ4v) is 3.92. The van der Waals surface area contributed by atoms with Gasteiger partial charge < -0.3 is 5.11 Å². The maximum atomic E-state index is 9.85. The zero-order valence-corrected chi connectivity index (χ0v) is 12.2. The summed E-state index contributed by atoms with van der Waals surface area (Å²) >= 11 is 1.81. The van der Waals surface area contributed by atoms with E-state index in [1.54, 1.807) is 6.07 Å². The van der Waals surface area contributed by atoms with Gasteiger partial charge in [-0.15, -0.1) is 11.8 Å². The number of fused-ring (bicyclic) bond motifs is 1. The molecule has 0 spiro atoms. The van der Waals surface area contributed by atoms with Gasteiger partial charge in [0, 0.05) is 11.8 Å². The molecule has 0 fully saturated rings. The summed E-state index contributed by atoms with van der Waals surface area (Å²) < 4.78 is 0. The molecule has 100 valence electrons. The molecule has 0 amide bonds. The molecule has 1 aromatic rings. The average Bonchev–Trinajstić information content (AvgIpc) is 2.38. The van der Waals surface area contributed by atoms with E-state index in [0.29, 0.717) is 11.8 Å². The number of nitrogens with zero attached hydrogens (tertiary/aromatic N) is 1. The number of rotatable bonds is 5. The van der Waals surface area contributed by atoms with Crippen molar-refractivity contribution in [3.8, 4) is 5.75 Å². The van der Waals surface area contributed by atoms with Gasteiger partial charge in [-0.05, 0) is 44.0 Å². The summed E-state index contributed by atoms with van der Waals surface area (Å²) in [5.74, 6) is 1.55. The second kappa shape index (κ2) is 6.48. The third-order valence-corrected chi connectivity index (χ3v) is 4.80. The number of phenols is 1. The molecule has 18 heavy (non-hydrogen) atoms. The first-order valence-corrected chi connectivity index (χ1v) is 7.92. The van der Waals surface area contributed by atoms with Crippen molar-refractivity contribution in [2.75, 3.05) is 18.8 Å². The number of phenolic OH excluding ortho intramolecular Hbond substituents is 1. The Morgan fingerprint density at radius 1 is 1.28 bits per heavy atom. The number of hydrogen-bond acceptors (Lipinski definition) is 3. The molecule has 2 rings (SSSR count). The minimum atomic E-state index is 0.452. The third-order valence-electron chi connectivity index (χ3n) is 3.49. The fourth-order valence-electron chi connectivity index (χ4n) is 2.68. The number of thioether (sulfide) groups is 1. The van der Waals surface area contributed by atoms with Gasteiger partial charge in [-0.1, -0.05) is 26.0 Å². The summed E-state index contributed by atoms with van der Waals surface area (Å²) in [4.78, 5) is 3.71. The molecular formula is C15H23NOS. The van der Waals surface area contributed by atoms with Crippen molar-refractivity contribution < 1.29 is 5.11 Å². The molecule has 1 aromatic carbocycles. The summed E-state index contributed by atoms with van der Waals surface area (Å²) in [6, 6.07) is 6.54. The molecule has 0 aromatic heterocycles. The molecule has 0 radical (unpaired) electrons. The summed E-state index contributed by atoms with van der Waals surface area (Å²) in [5, 5.41) is 9.85. The Kier molecular flexibility index (Phi) is 4.95. The quantitative estimate of drug-likeness (QED) is 0.881. The van der Waals surface area contributed by atoms with E-state index in [9.17, 15) is 5.11 Å². The van der Waals surface area contributed by atoms with Gasteiger partial charge in [-0.3, -0.25) is 4.90 Å². The highest BCUT2D eigenvalue weighted by molar-refractivity contribution is 7.99. The molecule has 1 aliphatic rings. The van der Waals surface area contributed by atoms with Crippen LogP contribution in [0.3, 0.4) is 0 Å². The zero-order chi connectivity index (χ0) is 13.0. The fraction of sp³-hybridized carbons (Fsp3) is 0.600. The van der Waals surface area contributed by atoms with Crippen LogP contribution in [-0.2, 0) is 6.42 Å². The normalized spacial score (nSPS) is 18.9. The molecule has 1 N–H and O–H groups in total. The van der Waals surface area contributed by atoms with E-state index in [2.05, 4.69) is 24.8 Å². The smallest absolute Gasteiger partial charge is 0.129 e. The summed E-state index contributed by atoms with van der Waals surface area (Å²) in [6.07, 6.45) is 3.51. The lowest BCUT2D eigenvalue weighted by Crippen LogP contribution is -2.41. The summed E-state index contributed by atoms with van der Waals surface area (Å²) in [6.45, 7) is 6.87. The van der Waals surface area contributed by atoms with Gasteiger partial charge in [0.25, 0.3) is 0 Å². The van der Waals surface area contributed by atoms with Crippen LogP contribution in [0.2, 0.25) is 0 Å². The van der Waals surface area contributed by atoms with Gasteiger partial charge >= 0.3 is 0 Å². The largest absolute Gasteiger partial charge is 0.507 e. The molecule has 0 bridgehead atoms. The van der Waals surface area contributed by atoms with E-state index in [-0.39, 0.29) is 0 Å². The van der Waals surface area contributed by atoms with Crippen LogP contribution in [0, 0.1) is 0 Å². The Labute approximate surface area is 114 Å². The zero-order valence-electron chi connectivity index (χ0n) is 11.4. The molecule has 0 saturated heterocycles. The van der Waals surface area contributed by atoms with Crippen LogP contribution in [0.15, 0.2) is 23.1 Å².